The normalized spacial score (nSPS) is 19.6. The smallest absolute Gasteiger partial charge is 0.253 e. The van der Waals surface area contributed by atoms with Crippen LogP contribution in [0.3, 0.4) is 0 Å². The van der Waals surface area contributed by atoms with E-state index in [9.17, 15) is 9.59 Å². The first-order valence-electron chi connectivity index (χ1n) is 8.37. The van der Waals surface area contributed by atoms with Crippen molar-refractivity contribution in [1.82, 2.24) is 4.90 Å². The molecule has 1 aliphatic rings. The Labute approximate surface area is 147 Å². The third-order valence-corrected chi connectivity index (χ3v) is 4.57. The van der Waals surface area contributed by atoms with Crippen molar-refractivity contribution in [2.75, 3.05) is 19.7 Å². The molecule has 1 aliphatic heterocycles. The van der Waals surface area contributed by atoms with Gasteiger partial charge in [-0.15, -0.1) is 0 Å². The first kappa shape index (κ1) is 17.0. The number of nitrogens with zero attached hydrogens (tertiary/aromatic N) is 1. The van der Waals surface area contributed by atoms with E-state index in [0.717, 1.165) is 11.3 Å². The Morgan fingerprint density at radius 3 is 2.56 bits per heavy atom. The molecule has 5 nitrogen and oxygen atoms in total. The molecule has 25 heavy (non-hydrogen) atoms. The highest BCUT2D eigenvalue weighted by atomic mass is 16.5. The SMILES string of the molecule is Cc1cccc(C(=O)N2C[C@@H](COc3ccccc3)[C@H](C(N)=O)C2)c1. The van der Waals surface area contributed by atoms with Crippen molar-refractivity contribution in [1.29, 1.82) is 0 Å². The molecular weight excluding hydrogens is 316 g/mol. The van der Waals surface area contributed by atoms with Gasteiger partial charge in [0.1, 0.15) is 5.75 Å². The Bertz CT molecular complexity index is 761. The quantitative estimate of drug-likeness (QED) is 0.909. The van der Waals surface area contributed by atoms with Crippen LogP contribution in [-0.2, 0) is 4.79 Å². The van der Waals surface area contributed by atoms with Crippen molar-refractivity contribution in [2.45, 2.75) is 6.92 Å². The van der Waals surface area contributed by atoms with E-state index in [2.05, 4.69) is 0 Å². The molecule has 2 aromatic carbocycles. The van der Waals surface area contributed by atoms with Crippen LogP contribution in [0.2, 0.25) is 0 Å². The molecule has 2 atom stereocenters. The number of aryl methyl sites for hydroxylation is 1. The minimum atomic E-state index is -0.391. The van der Waals surface area contributed by atoms with E-state index in [1.165, 1.54) is 0 Å². The highest BCUT2D eigenvalue weighted by Crippen LogP contribution is 2.26. The number of primary amides is 1. The predicted molar refractivity (Wildman–Crippen MR) is 95.2 cm³/mol. The van der Waals surface area contributed by atoms with Crippen molar-refractivity contribution in [3.63, 3.8) is 0 Å². The first-order valence-corrected chi connectivity index (χ1v) is 8.37. The van der Waals surface area contributed by atoms with Gasteiger partial charge in [-0.1, -0.05) is 35.9 Å². The lowest BCUT2D eigenvalue weighted by Crippen LogP contribution is -2.32. The zero-order valence-corrected chi connectivity index (χ0v) is 14.2. The van der Waals surface area contributed by atoms with Crippen LogP contribution in [0.1, 0.15) is 15.9 Å². The Morgan fingerprint density at radius 2 is 1.88 bits per heavy atom. The number of para-hydroxylation sites is 1. The summed E-state index contributed by atoms with van der Waals surface area (Å²) >= 11 is 0. The van der Waals surface area contributed by atoms with E-state index in [1.807, 2.05) is 55.5 Å². The molecule has 0 radical (unpaired) electrons. The molecule has 0 spiro atoms. The van der Waals surface area contributed by atoms with Crippen molar-refractivity contribution in [2.24, 2.45) is 17.6 Å². The number of hydrogen-bond donors (Lipinski definition) is 1. The van der Waals surface area contributed by atoms with Gasteiger partial charge in [0, 0.05) is 24.6 Å². The average Bonchev–Trinajstić information content (AvgIpc) is 3.05. The highest BCUT2D eigenvalue weighted by Gasteiger charge is 2.39. The minimum absolute atomic E-state index is 0.0721. The Morgan fingerprint density at radius 1 is 1.12 bits per heavy atom. The Balaban J connectivity index is 1.69. The second-order valence-electron chi connectivity index (χ2n) is 6.47. The molecule has 0 saturated carbocycles. The molecule has 2 N–H and O–H groups in total. The summed E-state index contributed by atoms with van der Waals surface area (Å²) < 4.78 is 5.78. The van der Waals surface area contributed by atoms with Gasteiger partial charge in [-0.25, -0.2) is 0 Å². The molecule has 2 aromatic rings. The largest absolute Gasteiger partial charge is 0.493 e. The molecule has 5 heteroatoms. The molecule has 0 aromatic heterocycles. The van der Waals surface area contributed by atoms with Gasteiger partial charge < -0.3 is 15.4 Å². The minimum Gasteiger partial charge on any atom is -0.493 e. The van der Waals surface area contributed by atoms with Crippen LogP contribution < -0.4 is 10.5 Å². The summed E-state index contributed by atoms with van der Waals surface area (Å²) in [7, 11) is 0. The zero-order valence-electron chi connectivity index (χ0n) is 14.2. The van der Waals surface area contributed by atoms with Crippen molar-refractivity contribution < 1.29 is 14.3 Å². The number of likely N-dealkylation sites (tertiary alicyclic amines) is 1. The van der Waals surface area contributed by atoms with E-state index >= 15 is 0 Å². The molecule has 0 aliphatic carbocycles. The van der Waals surface area contributed by atoms with Gasteiger partial charge >= 0.3 is 0 Å². The van der Waals surface area contributed by atoms with E-state index < -0.39 is 5.92 Å². The molecule has 1 saturated heterocycles. The lowest BCUT2D eigenvalue weighted by Gasteiger charge is -2.17. The summed E-state index contributed by atoms with van der Waals surface area (Å²) in [5.41, 5.74) is 7.21. The average molecular weight is 338 g/mol. The van der Waals surface area contributed by atoms with Gasteiger partial charge in [0.05, 0.1) is 12.5 Å². The Hall–Kier alpha value is -2.82. The van der Waals surface area contributed by atoms with Gasteiger partial charge in [-0.3, -0.25) is 9.59 Å². The third kappa shape index (κ3) is 3.99. The third-order valence-electron chi connectivity index (χ3n) is 4.57. The lowest BCUT2D eigenvalue weighted by molar-refractivity contribution is -0.122. The number of hydrogen-bond acceptors (Lipinski definition) is 3. The second-order valence-corrected chi connectivity index (χ2v) is 6.47. The van der Waals surface area contributed by atoms with Crippen molar-refractivity contribution >= 4 is 11.8 Å². The predicted octanol–water partition coefficient (Wildman–Crippen LogP) is 2.25. The van der Waals surface area contributed by atoms with Gasteiger partial charge in [0.25, 0.3) is 5.91 Å². The molecule has 2 amide bonds. The Kier molecular flexibility index (Phi) is 5.03. The standard InChI is InChI=1S/C20H22N2O3/c1-14-6-5-7-15(10-14)20(24)22-11-16(18(12-22)19(21)23)13-25-17-8-3-2-4-9-17/h2-10,16,18H,11-13H2,1H3,(H2,21,23)/t16-,18+/m0/s1. The fourth-order valence-corrected chi connectivity index (χ4v) is 3.21. The lowest BCUT2D eigenvalue weighted by atomic mass is 9.96. The van der Waals surface area contributed by atoms with Gasteiger partial charge in [-0.05, 0) is 31.2 Å². The van der Waals surface area contributed by atoms with Crippen LogP contribution in [0.5, 0.6) is 5.75 Å². The highest BCUT2D eigenvalue weighted by molar-refractivity contribution is 5.95. The molecule has 1 heterocycles. The second kappa shape index (κ2) is 7.38. The van der Waals surface area contributed by atoms with Crippen molar-refractivity contribution in [3.05, 3.63) is 65.7 Å². The summed E-state index contributed by atoms with van der Waals surface area (Å²) in [6.45, 7) is 3.11. The molecule has 3 rings (SSSR count). The maximum atomic E-state index is 12.7. The van der Waals surface area contributed by atoms with Crippen LogP contribution in [0, 0.1) is 18.8 Å². The maximum Gasteiger partial charge on any atom is 0.253 e. The summed E-state index contributed by atoms with van der Waals surface area (Å²) in [6, 6.07) is 16.9. The van der Waals surface area contributed by atoms with Crippen LogP contribution in [-0.4, -0.2) is 36.4 Å². The van der Waals surface area contributed by atoms with E-state index in [-0.39, 0.29) is 17.7 Å². The number of carbonyl (C=O) groups excluding carboxylic acids is 2. The van der Waals surface area contributed by atoms with E-state index in [0.29, 0.717) is 25.3 Å². The molecule has 0 bridgehead atoms. The van der Waals surface area contributed by atoms with Crippen molar-refractivity contribution in [3.8, 4) is 5.75 Å². The number of rotatable bonds is 5. The monoisotopic (exact) mass is 338 g/mol. The number of carbonyl (C=O) groups is 2. The molecule has 0 unspecified atom stereocenters. The first-order chi connectivity index (χ1) is 12.0. The number of nitrogens with two attached hydrogens (primary N) is 1. The number of benzene rings is 2. The van der Waals surface area contributed by atoms with Gasteiger partial charge in [0.15, 0.2) is 0 Å². The molecular formula is C20H22N2O3. The summed E-state index contributed by atoms with van der Waals surface area (Å²) in [5.74, 6) is -0.212. The summed E-state index contributed by atoms with van der Waals surface area (Å²) in [4.78, 5) is 26.2. The summed E-state index contributed by atoms with van der Waals surface area (Å²) in [6.07, 6.45) is 0. The van der Waals surface area contributed by atoms with Crippen LogP contribution in [0.15, 0.2) is 54.6 Å². The van der Waals surface area contributed by atoms with E-state index in [4.69, 9.17) is 10.5 Å². The number of ether oxygens (including phenoxy) is 1. The fourth-order valence-electron chi connectivity index (χ4n) is 3.21. The topological polar surface area (TPSA) is 72.6 Å². The van der Waals surface area contributed by atoms with Gasteiger partial charge in [-0.2, -0.15) is 0 Å². The fraction of sp³-hybridized carbons (Fsp3) is 0.300. The molecule has 1 fully saturated rings. The number of amides is 2. The van der Waals surface area contributed by atoms with Crippen LogP contribution in [0.25, 0.3) is 0 Å². The molecule has 130 valence electrons. The maximum absolute atomic E-state index is 12.7. The zero-order chi connectivity index (χ0) is 17.8. The summed E-state index contributed by atoms with van der Waals surface area (Å²) in [5, 5.41) is 0. The van der Waals surface area contributed by atoms with Crippen LogP contribution >= 0.6 is 0 Å². The van der Waals surface area contributed by atoms with Crippen LogP contribution in [0.4, 0.5) is 0 Å². The van der Waals surface area contributed by atoms with Gasteiger partial charge in [0.2, 0.25) is 5.91 Å². The van der Waals surface area contributed by atoms with E-state index in [1.54, 1.807) is 11.0 Å².